The number of carbonyl (C=O) groups is 1. The summed E-state index contributed by atoms with van der Waals surface area (Å²) in [6.45, 7) is 5.81. The molecule has 2 rings (SSSR count). The van der Waals surface area contributed by atoms with E-state index in [-0.39, 0.29) is 17.3 Å². The van der Waals surface area contributed by atoms with Crippen molar-refractivity contribution in [2.24, 2.45) is 0 Å². The van der Waals surface area contributed by atoms with Crippen molar-refractivity contribution in [3.63, 3.8) is 0 Å². The summed E-state index contributed by atoms with van der Waals surface area (Å²) < 4.78 is 13.0. The first-order valence-corrected chi connectivity index (χ1v) is 6.54. The molecule has 0 atom stereocenters. The topological polar surface area (TPSA) is 29.1 Å². The normalized spacial score (nSPS) is 11.2. The zero-order chi connectivity index (χ0) is 14.8. The van der Waals surface area contributed by atoms with Crippen molar-refractivity contribution in [1.82, 2.24) is 5.32 Å². The number of carbonyl (C=O) groups excluding carboxylic acids is 1. The lowest BCUT2D eigenvalue weighted by Gasteiger charge is -2.21. The molecule has 0 fully saturated rings. The molecule has 0 radical (unpaired) electrons. The molecule has 0 spiro atoms. The molecule has 2 aromatic carbocycles. The molecule has 0 bridgehead atoms. The van der Waals surface area contributed by atoms with Crippen LogP contribution in [-0.4, -0.2) is 11.4 Å². The summed E-state index contributed by atoms with van der Waals surface area (Å²) in [4.78, 5) is 12.3. The summed E-state index contributed by atoms with van der Waals surface area (Å²) in [6, 6.07) is 13.5. The van der Waals surface area contributed by atoms with Crippen LogP contribution in [-0.2, 0) is 0 Å². The second-order valence-electron chi connectivity index (χ2n) is 5.76. The van der Waals surface area contributed by atoms with Crippen molar-refractivity contribution >= 4 is 5.91 Å². The van der Waals surface area contributed by atoms with Crippen LogP contribution in [0.2, 0.25) is 0 Å². The summed E-state index contributed by atoms with van der Waals surface area (Å²) in [5.41, 5.74) is 1.92. The van der Waals surface area contributed by atoms with E-state index in [2.05, 4.69) is 5.32 Å². The van der Waals surface area contributed by atoms with Crippen LogP contribution in [0.25, 0.3) is 11.1 Å². The van der Waals surface area contributed by atoms with Crippen molar-refractivity contribution in [3.05, 3.63) is 59.9 Å². The Morgan fingerprint density at radius 3 is 2.20 bits per heavy atom. The van der Waals surface area contributed by atoms with Gasteiger partial charge >= 0.3 is 0 Å². The summed E-state index contributed by atoms with van der Waals surface area (Å²) in [5.74, 6) is -0.414. The molecular formula is C17H18FNO. The SMILES string of the molecule is CC(C)(C)NC(=O)c1ccccc1-c1ccc(F)cc1. The minimum Gasteiger partial charge on any atom is -0.347 e. The molecular weight excluding hydrogens is 253 g/mol. The quantitative estimate of drug-likeness (QED) is 0.878. The number of hydrogen-bond donors (Lipinski definition) is 1. The van der Waals surface area contributed by atoms with Gasteiger partial charge < -0.3 is 5.32 Å². The third-order valence-corrected chi connectivity index (χ3v) is 2.82. The highest BCUT2D eigenvalue weighted by molar-refractivity contribution is 6.01. The number of benzene rings is 2. The standard InChI is InChI=1S/C17H18FNO/c1-17(2,3)19-16(20)15-7-5-4-6-14(15)12-8-10-13(18)11-9-12/h4-11H,1-3H3,(H,19,20). The Morgan fingerprint density at radius 2 is 1.60 bits per heavy atom. The third kappa shape index (κ3) is 3.44. The fraction of sp³-hybridized carbons (Fsp3) is 0.235. The third-order valence-electron chi connectivity index (χ3n) is 2.82. The Hall–Kier alpha value is -2.16. The van der Waals surface area contributed by atoms with Crippen LogP contribution < -0.4 is 5.32 Å². The number of nitrogens with one attached hydrogen (secondary N) is 1. The van der Waals surface area contributed by atoms with Crippen LogP contribution in [0.4, 0.5) is 4.39 Å². The second kappa shape index (κ2) is 5.45. The predicted molar refractivity (Wildman–Crippen MR) is 79.1 cm³/mol. The smallest absolute Gasteiger partial charge is 0.252 e. The van der Waals surface area contributed by atoms with E-state index in [1.807, 2.05) is 39.0 Å². The Morgan fingerprint density at radius 1 is 1.00 bits per heavy atom. The van der Waals surface area contributed by atoms with Gasteiger partial charge in [-0.05, 0) is 50.1 Å². The molecule has 0 aliphatic carbocycles. The fourth-order valence-corrected chi connectivity index (χ4v) is 1.97. The van der Waals surface area contributed by atoms with Crippen molar-refractivity contribution in [2.45, 2.75) is 26.3 Å². The van der Waals surface area contributed by atoms with Crippen molar-refractivity contribution in [1.29, 1.82) is 0 Å². The van der Waals surface area contributed by atoms with Crippen molar-refractivity contribution in [3.8, 4) is 11.1 Å². The summed E-state index contributed by atoms with van der Waals surface area (Å²) >= 11 is 0. The fourth-order valence-electron chi connectivity index (χ4n) is 1.97. The van der Waals surface area contributed by atoms with E-state index in [1.54, 1.807) is 18.2 Å². The van der Waals surface area contributed by atoms with Gasteiger partial charge in [0, 0.05) is 11.1 Å². The molecule has 0 saturated heterocycles. The van der Waals surface area contributed by atoms with E-state index in [0.29, 0.717) is 5.56 Å². The first kappa shape index (κ1) is 14.3. The number of amides is 1. The lowest BCUT2D eigenvalue weighted by atomic mass is 9.98. The number of rotatable bonds is 2. The molecule has 0 saturated carbocycles. The average molecular weight is 271 g/mol. The zero-order valence-corrected chi connectivity index (χ0v) is 11.9. The second-order valence-corrected chi connectivity index (χ2v) is 5.76. The molecule has 0 aliphatic heterocycles. The zero-order valence-electron chi connectivity index (χ0n) is 11.9. The molecule has 1 N–H and O–H groups in total. The maximum atomic E-state index is 13.0. The largest absolute Gasteiger partial charge is 0.347 e. The van der Waals surface area contributed by atoms with Gasteiger partial charge in [-0.2, -0.15) is 0 Å². The van der Waals surface area contributed by atoms with Gasteiger partial charge in [-0.3, -0.25) is 4.79 Å². The Balaban J connectivity index is 2.40. The average Bonchev–Trinajstić information content (AvgIpc) is 2.38. The molecule has 0 aliphatic rings. The van der Waals surface area contributed by atoms with Crippen LogP contribution in [0.3, 0.4) is 0 Å². The van der Waals surface area contributed by atoms with E-state index in [0.717, 1.165) is 11.1 Å². The molecule has 0 unspecified atom stereocenters. The molecule has 2 aromatic rings. The minimum atomic E-state index is -0.299. The Bertz CT molecular complexity index is 612. The van der Waals surface area contributed by atoms with Gasteiger partial charge in [-0.1, -0.05) is 30.3 Å². The summed E-state index contributed by atoms with van der Waals surface area (Å²) in [7, 11) is 0. The first-order valence-electron chi connectivity index (χ1n) is 6.54. The highest BCUT2D eigenvalue weighted by Crippen LogP contribution is 2.24. The Labute approximate surface area is 118 Å². The van der Waals surface area contributed by atoms with Gasteiger partial charge in [-0.25, -0.2) is 4.39 Å². The number of hydrogen-bond acceptors (Lipinski definition) is 1. The lowest BCUT2D eigenvalue weighted by molar-refractivity contribution is 0.0920. The highest BCUT2D eigenvalue weighted by atomic mass is 19.1. The van der Waals surface area contributed by atoms with Crippen LogP contribution >= 0.6 is 0 Å². The van der Waals surface area contributed by atoms with E-state index in [1.165, 1.54) is 12.1 Å². The van der Waals surface area contributed by atoms with Gasteiger partial charge in [0.15, 0.2) is 0 Å². The van der Waals surface area contributed by atoms with Crippen LogP contribution in [0.15, 0.2) is 48.5 Å². The van der Waals surface area contributed by atoms with E-state index in [4.69, 9.17) is 0 Å². The monoisotopic (exact) mass is 271 g/mol. The lowest BCUT2D eigenvalue weighted by Crippen LogP contribution is -2.40. The maximum absolute atomic E-state index is 13.0. The molecule has 20 heavy (non-hydrogen) atoms. The van der Waals surface area contributed by atoms with Crippen molar-refractivity contribution in [2.75, 3.05) is 0 Å². The van der Waals surface area contributed by atoms with E-state index < -0.39 is 0 Å². The van der Waals surface area contributed by atoms with Crippen LogP contribution in [0.5, 0.6) is 0 Å². The van der Waals surface area contributed by atoms with Gasteiger partial charge in [0.05, 0.1) is 0 Å². The van der Waals surface area contributed by atoms with Gasteiger partial charge in [0.1, 0.15) is 5.82 Å². The van der Waals surface area contributed by atoms with Gasteiger partial charge in [-0.15, -0.1) is 0 Å². The van der Waals surface area contributed by atoms with E-state index in [9.17, 15) is 9.18 Å². The predicted octanol–water partition coefficient (Wildman–Crippen LogP) is 4.02. The molecule has 1 amide bonds. The minimum absolute atomic E-state index is 0.127. The summed E-state index contributed by atoms with van der Waals surface area (Å²) in [6.07, 6.45) is 0. The molecule has 0 heterocycles. The van der Waals surface area contributed by atoms with E-state index >= 15 is 0 Å². The summed E-state index contributed by atoms with van der Waals surface area (Å²) in [5, 5.41) is 2.94. The Kier molecular flexibility index (Phi) is 3.89. The molecule has 3 heteroatoms. The van der Waals surface area contributed by atoms with Gasteiger partial charge in [0.2, 0.25) is 0 Å². The maximum Gasteiger partial charge on any atom is 0.252 e. The van der Waals surface area contributed by atoms with Crippen molar-refractivity contribution < 1.29 is 9.18 Å². The molecule has 104 valence electrons. The first-order chi connectivity index (χ1) is 9.37. The van der Waals surface area contributed by atoms with Crippen LogP contribution in [0, 0.1) is 5.82 Å². The highest BCUT2D eigenvalue weighted by Gasteiger charge is 2.18. The number of halogens is 1. The van der Waals surface area contributed by atoms with Gasteiger partial charge in [0.25, 0.3) is 5.91 Å². The molecule has 2 nitrogen and oxygen atoms in total. The van der Waals surface area contributed by atoms with Crippen LogP contribution in [0.1, 0.15) is 31.1 Å². The molecule has 0 aromatic heterocycles.